The van der Waals surface area contributed by atoms with E-state index >= 15 is 0 Å². The van der Waals surface area contributed by atoms with Gasteiger partial charge in [0.1, 0.15) is 17.9 Å². The average Bonchev–Trinajstić information content (AvgIpc) is 3.23. The summed E-state index contributed by atoms with van der Waals surface area (Å²) in [6, 6.07) is 10.6. The number of rotatable bonds is 6. The predicted octanol–water partition coefficient (Wildman–Crippen LogP) is 2.39. The first-order valence-corrected chi connectivity index (χ1v) is 11.6. The Kier molecular flexibility index (Phi) is 7.03. The number of hydrogen-bond acceptors (Lipinski definition) is 5. The molecule has 1 aromatic carbocycles. The zero-order chi connectivity index (χ0) is 23.4. The molecule has 174 valence electrons. The van der Waals surface area contributed by atoms with Crippen molar-refractivity contribution in [1.29, 1.82) is 0 Å². The molecule has 0 radical (unpaired) electrons. The molecule has 3 atom stereocenters. The van der Waals surface area contributed by atoms with Gasteiger partial charge in [-0.15, -0.1) is 0 Å². The molecule has 0 spiro atoms. The molecular formula is C25H31N5O3. The lowest BCUT2D eigenvalue weighted by atomic mass is 9.83. The molecule has 2 aromatic rings. The number of carbonyl (C=O) groups is 3. The van der Waals surface area contributed by atoms with Crippen LogP contribution in [-0.4, -0.2) is 40.8 Å². The topological polar surface area (TPSA) is 117 Å². The number of aromatic nitrogens is 1. The first-order valence-electron chi connectivity index (χ1n) is 11.6. The Morgan fingerprint density at radius 3 is 2.48 bits per heavy atom. The van der Waals surface area contributed by atoms with Crippen molar-refractivity contribution in [3.8, 4) is 0 Å². The minimum Gasteiger partial charge on any atom is -0.343 e. The number of pyridine rings is 1. The zero-order valence-corrected chi connectivity index (χ0v) is 18.9. The van der Waals surface area contributed by atoms with Crippen molar-refractivity contribution in [3.05, 3.63) is 54.2 Å². The van der Waals surface area contributed by atoms with Gasteiger partial charge in [-0.05, 0) is 49.4 Å². The molecule has 8 nitrogen and oxygen atoms in total. The number of nitrogens with two attached hydrogens (primary N) is 1. The van der Waals surface area contributed by atoms with Crippen molar-refractivity contribution in [2.45, 2.75) is 63.6 Å². The van der Waals surface area contributed by atoms with Crippen LogP contribution in [0.25, 0.3) is 0 Å². The molecule has 4 rings (SSSR count). The summed E-state index contributed by atoms with van der Waals surface area (Å²) in [5, 5.41) is 5.80. The maximum atomic E-state index is 14.0. The summed E-state index contributed by atoms with van der Waals surface area (Å²) in [6.07, 6.45) is 6.82. The Morgan fingerprint density at radius 1 is 1.06 bits per heavy atom. The highest BCUT2D eigenvalue weighted by Gasteiger charge is 2.44. The quantitative estimate of drug-likeness (QED) is 0.626. The first-order chi connectivity index (χ1) is 16.0. The monoisotopic (exact) mass is 449 g/mol. The van der Waals surface area contributed by atoms with E-state index in [2.05, 4.69) is 15.6 Å². The summed E-state index contributed by atoms with van der Waals surface area (Å²) in [6.45, 7) is 1.60. The fourth-order valence-corrected chi connectivity index (χ4v) is 4.75. The van der Waals surface area contributed by atoms with E-state index in [0.717, 1.165) is 37.7 Å². The van der Waals surface area contributed by atoms with Gasteiger partial charge < -0.3 is 16.4 Å². The molecule has 1 aromatic heterocycles. The van der Waals surface area contributed by atoms with Gasteiger partial charge in [-0.2, -0.15) is 0 Å². The lowest BCUT2D eigenvalue weighted by Gasteiger charge is -2.34. The van der Waals surface area contributed by atoms with Crippen LogP contribution in [0.5, 0.6) is 0 Å². The van der Waals surface area contributed by atoms with Gasteiger partial charge in [0.05, 0.1) is 6.04 Å². The second kappa shape index (κ2) is 10.1. The van der Waals surface area contributed by atoms with Gasteiger partial charge >= 0.3 is 0 Å². The van der Waals surface area contributed by atoms with Crippen molar-refractivity contribution >= 4 is 29.2 Å². The van der Waals surface area contributed by atoms with E-state index in [4.69, 9.17) is 5.73 Å². The molecule has 1 aliphatic carbocycles. The lowest BCUT2D eigenvalue weighted by Crippen LogP contribution is -2.58. The highest BCUT2D eigenvalue weighted by molar-refractivity contribution is 6.09. The van der Waals surface area contributed by atoms with Crippen LogP contribution < -0.4 is 21.3 Å². The van der Waals surface area contributed by atoms with Crippen LogP contribution in [0, 0.1) is 5.92 Å². The number of benzene rings is 1. The maximum absolute atomic E-state index is 14.0. The van der Waals surface area contributed by atoms with Crippen molar-refractivity contribution in [3.63, 3.8) is 0 Å². The number of fused-ring (bicyclic) bond motifs is 1. The Labute approximate surface area is 193 Å². The minimum atomic E-state index is -0.749. The van der Waals surface area contributed by atoms with Gasteiger partial charge in [0.15, 0.2) is 0 Å². The van der Waals surface area contributed by atoms with E-state index in [1.54, 1.807) is 31.3 Å². The summed E-state index contributed by atoms with van der Waals surface area (Å²) in [4.78, 5) is 45.7. The molecule has 3 amide bonds. The molecule has 0 saturated heterocycles. The fraction of sp³-hybridized carbons (Fsp3) is 0.440. The number of nitrogens with one attached hydrogen (secondary N) is 2. The van der Waals surface area contributed by atoms with Crippen LogP contribution in [0.2, 0.25) is 0 Å². The van der Waals surface area contributed by atoms with Crippen LogP contribution >= 0.6 is 0 Å². The number of hydrogen-bond donors (Lipinski definition) is 3. The van der Waals surface area contributed by atoms with E-state index in [1.807, 2.05) is 24.3 Å². The first kappa shape index (κ1) is 22.9. The van der Waals surface area contributed by atoms with Crippen molar-refractivity contribution in [2.24, 2.45) is 11.7 Å². The summed E-state index contributed by atoms with van der Waals surface area (Å²) in [7, 11) is 0. The van der Waals surface area contributed by atoms with Gasteiger partial charge in [-0.25, -0.2) is 4.98 Å². The summed E-state index contributed by atoms with van der Waals surface area (Å²) in [5.41, 5.74) is 7.29. The second-order valence-electron chi connectivity index (χ2n) is 8.94. The Morgan fingerprint density at radius 2 is 1.79 bits per heavy atom. The van der Waals surface area contributed by atoms with Crippen LogP contribution in [0.15, 0.2) is 48.7 Å². The van der Waals surface area contributed by atoms with Gasteiger partial charge in [0.25, 0.3) is 5.91 Å². The number of amides is 3. The maximum Gasteiger partial charge on any atom is 0.251 e. The van der Waals surface area contributed by atoms with E-state index < -0.39 is 18.1 Å². The zero-order valence-electron chi connectivity index (χ0n) is 18.9. The molecule has 2 aliphatic rings. The largest absolute Gasteiger partial charge is 0.343 e. The Hall–Kier alpha value is -3.26. The number of carbonyl (C=O) groups excluding carboxylic acids is 3. The third-order valence-electron chi connectivity index (χ3n) is 6.50. The molecule has 0 bridgehead atoms. The number of anilines is 2. The van der Waals surface area contributed by atoms with Crippen molar-refractivity contribution in [2.75, 3.05) is 10.2 Å². The summed E-state index contributed by atoms with van der Waals surface area (Å²) < 4.78 is 0. The van der Waals surface area contributed by atoms with Crippen LogP contribution in [0.1, 0.15) is 44.6 Å². The average molecular weight is 450 g/mol. The molecular weight excluding hydrogens is 418 g/mol. The second-order valence-corrected chi connectivity index (χ2v) is 8.94. The number of para-hydroxylation sites is 1. The highest BCUT2D eigenvalue weighted by atomic mass is 16.2. The SMILES string of the molecule is CC(N)C(=O)NC(C(=O)N1c2ncccc2C[C@H]1C(=O)Nc1ccccc1)C1CCCCC1. The van der Waals surface area contributed by atoms with E-state index in [-0.39, 0.29) is 23.6 Å². The van der Waals surface area contributed by atoms with Crippen LogP contribution in [-0.2, 0) is 20.8 Å². The fourth-order valence-electron chi connectivity index (χ4n) is 4.75. The van der Waals surface area contributed by atoms with Crippen LogP contribution in [0.4, 0.5) is 11.5 Å². The van der Waals surface area contributed by atoms with E-state index in [1.165, 1.54) is 4.90 Å². The molecule has 33 heavy (non-hydrogen) atoms. The number of nitrogens with zero attached hydrogens (tertiary/aromatic N) is 2. The summed E-state index contributed by atoms with van der Waals surface area (Å²) in [5.74, 6) is -0.481. The van der Waals surface area contributed by atoms with Gasteiger partial charge in [0.2, 0.25) is 11.8 Å². The highest BCUT2D eigenvalue weighted by Crippen LogP contribution is 2.34. The molecule has 4 N–H and O–H groups in total. The Bertz CT molecular complexity index is 1000. The molecule has 1 fully saturated rings. The minimum absolute atomic E-state index is 0.000420. The standard InChI is InChI=1S/C25H31N5O3/c1-16(26)23(31)29-21(17-9-4-2-5-10-17)25(33)30-20(15-18-11-8-14-27-22(18)30)24(32)28-19-12-6-3-7-13-19/h3,6-8,11-14,16-17,20-21H,2,4-5,9-10,15,26H2,1H3,(H,28,32)(H,29,31)/t16?,20-,21?/m0/s1. The normalized spacial score (nSPS) is 19.9. The van der Waals surface area contributed by atoms with Gasteiger partial charge in [0, 0.05) is 18.3 Å². The predicted molar refractivity (Wildman–Crippen MR) is 126 cm³/mol. The smallest absolute Gasteiger partial charge is 0.251 e. The third-order valence-corrected chi connectivity index (χ3v) is 6.50. The summed E-state index contributed by atoms with van der Waals surface area (Å²) >= 11 is 0. The Balaban J connectivity index is 1.65. The van der Waals surface area contributed by atoms with Crippen LogP contribution in [0.3, 0.4) is 0 Å². The molecule has 1 aliphatic heterocycles. The van der Waals surface area contributed by atoms with Gasteiger partial charge in [-0.3, -0.25) is 19.3 Å². The molecule has 1 saturated carbocycles. The van der Waals surface area contributed by atoms with Crippen molar-refractivity contribution in [1.82, 2.24) is 10.3 Å². The van der Waals surface area contributed by atoms with E-state index in [9.17, 15) is 14.4 Å². The third kappa shape index (κ3) is 5.06. The molecule has 2 unspecified atom stereocenters. The molecule has 2 heterocycles. The van der Waals surface area contributed by atoms with Gasteiger partial charge in [-0.1, -0.05) is 43.5 Å². The van der Waals surface area contributed by atoms with E-state index in [0.29, 0.717) is 17.9 Å². The lowest BCUT2D eigenvalue weighted by molar-refractivity contribution is -0.130. The molecule has 8 heteroatoms. The van der Waals surface area contributed by atoms with Crippen molar-refractivity contribution < 1.29 is 14.4 Å².